The minimum absolute atomic E-state index is 0.0747. The normalized spacial score (nSPS) is 30.0. The molecule has 0 heterocycles. The second kappa shape index (κ2) is 2.21. The summed E-state index contributed by atoms with van der Waals surface area (Å²) < 4.78 is 0. The van der Waals surface area contributed by atoms with Crippen LogP contribution < -0.4 is 11.5 Å². The first-order chi connectivity index (χ1) is 4.46. The van der Waals surface area contributed by atoms with E-state index >= 15 is 0 Å². The van der Waals surface area contributed by atoms with E-state index in [1.165, 1.54) is 0 Å². The van der Waals surface area contributed by atoms with Gasteiger partial charge in [-0.05, 0) is 31.1 Å². The molecule has 0 unspecified atom stereocenters. The monoisotopic (exact) mass is 141 g/mol. The highest BCUT2D eigenvalue weighted by Gasteiger charge is 2.40. The largest absolute Gasteiger partial charge is 0.313 e. The SMILES string of the molecule is CC1(C)C[CH]CCC1(N)N. The zero-order chi connectivity index (χ0) is 7.83. The first kappa shape index (κ1) is 8.02. The summed E-state index contributed by atoms with van der Waals surface area (Å²) in [6, 6.07) is 0. The van der Waals surface area contributed by atoms with Gasteiger partial charge in [-0.1, -0.05) is 13.8 Å². The van der Waals surface area contributed by atoms with Gasteiger partial charge in [0, 0.05) is 0 Å². The maximum Gasteiger partial charge on any atom is 0.0689 e. The van der Waals surface area contributed by atoms with Crippen LogP contribution in [0.1, 0.15) is 33.1 Å². The van der Waals surface area contributed by atoms with E-state index in [1.54, 1.807) is 0 Å². The van der Waals surface area contributed by atoms with Gasteiger partial charge in [-0.15, -0.1) is 0 Å². The maximum atomic E-state index is 5.91. The second-order valence-corrected chi connectivity index (χ2v) is 3.96. The Labute approximate surface area is 63.0 Å². The molecule has 0 amide bonds. The van der Waals surface area contributed by atoms with Gasteiger partial charge in [0.25, 0.3) is 0 Å². The highest BCUT2D eigenvalue weighted by molar-refractivity contribution is 5.00. The van der Waals surface area contributed by atoms with Crippen LogP contribution in [-0.4, -0.2) is 5.66 Å². The molecule has 10 heavy (non-hydrogen) atoms. The van der Waals surface area contributed by atoms with Crippen LogP contribution in [0.2, 0.25) is 0 Å². The van der Waals surface area contributed by atoms with E-state index in [2.05, 4.69) is 20.3 Å². The molecular formula is C8H17N2. The van der Waals surface area contributed by atoms with Crippen LogP contribution >= 0.6 is 0 Å². The fourth-order valence-electron chi connectivity index (χ4n) is 1.33. The Morgan fingerprint density at radius 3 is 2.20 bits per heavy atom. The molecule has 0 bridgehead atoms. The average Bonchev–Trinajstić information content (AvgIpc) is 1.77. The first-order valence-corrected chi connectivity index (χ1v) is 3.85. The Bertz CT molecular complexity index is 111. The van der Waals surface area contributed by atoms with Crippen molar-refractivity contribution in [1.82, 2.24) is 0 Å². The van der Waals surface area contributed by atoms with E-state index in [-0.39, 0.29) is 5.41 Å². The lowest BCUT2D eigenvalue weighted by Gasteiger charge is -2.44. The average molecular weight is 141 g/mol. The van der Waals surface area contributed by atoms with E-state index < -0.39 is 5.66 Å². The Kier molecular flexibility index (Phi) is 1.77. The van der Waals surface area contributed by atoms with Gasteiger partial charge in [0.1, 0.15) is 0 Å². The highest BCUT2D eigenvalue weighted by Crippen LogP contribution is 2.38. The van der Waals surface area contributed by atoms with Crippen molar-refractivity contribution in [2.45, 2.75) is 38.8 Å². The molecule has 0 aromatic rings. The molecule has 0 atom stereocenters. The Morgan fingerprint density at radius 1 is 1.30 bits per heavy atom. The van der Waals surface area contributed by atoms with Crippen molar-refractivity contribution < 1.29 is 0 Å². The van der Waals surface area contributed by atoms with Gasteiger partial charge in [0.2, 0.25) is 0 Å². The molecule has 0 aromatic carbocycles. The zero-order valence-electron chi connectivity index (χ0n) is 6.85. The molecule has 4 N–H and O–H groups in total. The summed E-state index contributed by atoms with van der Waals surface area (Å²) in [6.45, 7) is 4.26. The lowest BCUT2D eigenvalue weighted by atomic mass is 9.69. The van der Waals surface area contributed by atoms with Gasteiger partial charge in [-0.2, -0.15) is 0 Å². The number of hydrogen-bond donors (Lipinski definition) is 2. The number of hydrogen-bond acceptors (Lipinski definition) is 2. The Morgan fingerprint density at radius 2 is 1.90 bits per heavy atom. The second-order valence-electron chi connectivity index (χ2n) is 3.96. The standard InChI is InChI=1S/C8H17N2/c1-7(2)5-3-4-6-8(7,9)10/h3H,4-6,9-10H2,1-2H3. The third-order valence-electron chi connectivity index (χ3n) is 2.68. The fraction of sp³-hybridized carbons (Fsp3) is 0.875. The van der Waals surface area contributed by atoms with E-state index in [1.807, 2.05) is 0 Å². The topological polar surface area (TPSA) is 52.0 Å². The molecule has 0 saturated heterocycles. The van der Waals surface area contributed by atoms with Crippen molar-refractivity contribution in [3.8, 4) is 0 Å². The van der Waals surface area contributed by atoms with Gasteiger partial charge >= 0.3 is 0 Å². The fourth-order valence-corrected chi connectivity index (χ4v) is 1.33. The van der Waals surface area contributed by atoms with Gasteiger partial charge in [-0.25, -0.2) is 0 Å². The third kappa shape index (κ3) is 1.18. The molecule has 1 aliphatic carbocycles. The van der Waals surface area contributed by atoms with Crippen LogP contribution in [0.15, 0.2) is 0 Å². The van der Waals surface area contributed by atoms with Crippen LogP contribution in [0.3, 0.4) is 0 Å². The van der Waals surface area contributed by atoms with Gasteiger partial charge < -0.3 is 11.5 Å². The van der Waals surface area contributed by atoms with Crippen molar-refractivity contribution >= 4 is 0 Å². The molecule has 0 spiro atoms. The Balaban J connectivity index is 2.70. The maximum absolute atomic E-state index is 5.91. The van der Waals surface area contributed by atoms with Crippen molar-refractivity contribution in [2.75, 3.05) is 0 Å². The van der Waals surface area contributed by atoms with Crippen molar-refractivity contribution in [1.29, 1.82) is 0 Å². The molecule has 0 aromatic heterocycles. The molecule has 1 rings (SSSR count). The molecule has 59 valence electrons. The van der Waals surface area contributed by atoms with Crippen LogP contribution in [0.5, 0.6) is 0 Å². The first-order valence-electron chi connectivity index (χ1n) is 3.85. The van der Waals surface area contributed by atoms with Crippen molar-refractivity contribution in [3.63, 3.8) is 0 Å². The smallest absolute Gasteiger partial charge is 0.0689 e. The van der Waals surface area contributed by atoms with Crippen LogP contribution in [-0.2, 0) is 0 Å². The summed E-state index contributed by atoms with van der Waals surface area (Å²) >= 11 is 0. The molecule has 1 radical (unpaired) electrons. The van der Waals surface area contributed by atoms with E-state index in [0.29, 0.717) is 0 Å². The van der Waals surface area contributed by atoms with E-state index in [0.717, 1.165) is 19.3 Å². The van der Waals surface area contributed by atoms with E-state index in [9.17, 15) is 0 Å². The molecule has 1 saturated carbocycles. The minimum atomic E-state index is -0.457. The summed E-state index contributed by atoms with van der Waals surface area (Å²) in [4.78, 5) is 0. The predicted molar refractivity (Wildman–Crippen MR) is 43.0 cm³/mol. The van der Waals surface area contributed by atoms with Gasteiger partial charge in [-0.3, -0.25) is 0 Å². The third-order valence-corrected chi connectivity index (χ3v) is 2.68. The summed E-state index contributed by atoms with van der Waals surface area (Å²) in [5, 5.41) is 0. The molecule has 1 aliphatic rings. The lowest BCUT2D eigenvalue weighted by Crippen LogP contribution is -2.61. The molecule has 1 fully saturated rings. The highest BCUT2D eigenvalue weighted by atomic mass is 15.0. The quantitative estimate of drug-likeness (QED) is 0.495. The van der Waals surface area contributed by atoms with Crippen LogP contribution in [0.25, 0.3) is 0 Å². The Hall–Kier alpha value is -0.0800. The van der Waals surface area contributed by atoms with Gasteiger partial charge in [0.15, 0.2) is 0 Å². The zero-order valence-corrected chi connectivity index (χ0v) is 6.85. The van der Waals surface area contributed by atoms with Gasteiger partial charge in [0.05, 0.1) is 5.66 Å². The molecule has 2 heteroatoms. The molecular weight excluding hydrogens is 124 g/mol. The van der Waals surface area contributed by atoms with Crippen molar-refractivity contribution in [2.24, 2.45) is 16.9 Å². The molecule has 2 nitrogen and oxygen atoms in total. The summed E-state index contributed by atoms with van der Waals surface area (Å²) in [5.74, 6) is 0. The lowest BCUT2D eigenvalue weighted by molar-refractivity contribution is 0.130. The summed E-state index contributed by atoms with van der Waals surface area (Å²) in [6.07, 6.45) is 5.30. The van der Waals surface area contributed by atoms with Crippen LogP contribution in [0.4, 0.5) is 0 Å². The van der Waals surface area contributed by atoms with Crippen molar-refractivity contribution in [3.05, 3.63) is 6.42 Å². The summed E-state index contributed by atoms with van der Waals surface area (Å²) in [7, 11) is 0. The van der Waals surface area contributed by atoms with Crippen LogP contribution in [0, 0.1) is 11.8 Å². The van der Waals surface area contributed by atoms with E-state index in [4.69, 9.17) is 11.5 Å². The number of nitrogens with two attached hydrogens (primary N) is 2. The predicted octanol–water partition coefficient (Wildman–Crippen LogP) is 1.01. The molecule has 0 aliphatic heterocycles. The summed E-state index contributed by atoms with van der Waals surface area (Å²) in [5.41, 5.74) is 11.4. The minimum Gasteiger partial charge on any atom is -0.313 e. The number of rotatable bonds is 0.